The molecule has 0 spiro atoms. The van der Waals surface area contributed by atoms with E-state index in [0.717, 1.165) is 52.4 Å². The van der Waals surface area contributed by atoms with Crippen LogP contribution in [0.15, 0.2) is 17.5 Å². The minimum Gasteiger partial charge on any atom is -0.390 e. The lowest BCUT2D eigenvalue weighted by atomic mass is 9.84. The third kappa shape index (κ3) is 3.75. The SMILES string of the molecule is Cc1cc(Nc2nc(N[C@H]3CC[C@](C)(O)CC3)c3sccc3n2)sn1. The van der Waals surface area contributed by atoms with Crippen LogP contribution in [-0.4, -0.2) is 31.1 Å². The molecule has 3 aromatic rings. The maximum Gasteiger partial charge on any atom is 0.230 e. The summed E-state index contributed by atoms with van der Waals surface area (Å²) in [6.07, 6.45) is 3.52. The molecule has 0 amide bonds. The molecule has 1 aliphatic rings. The highest BCUT2D eigenvalue weighted by Gasteiger charge is 2.29. The van der Waals surface area contributed by atoms with E-state index in [2.05, 4.69) is 20.0 Å². The van der Waals surface area contributed by atoms with Gasteiger partial charge in [-0.2, -0.15) is 9.36 Å². The van der Waals surface area contributed by atoms with Crippen molar-refractivity contribution in [1.29, 1.82) is 0 Å². The Bertz CT molecular complexity index is 878. The topological polar surface area (TPSA) is 83.0 Å². The van der Waals surface area contributed by atoms with Gasteiger partial charge in [-0.15, -0.1) is 11.3 Å². The van der Waals surface area contributed by atoms with E-state index in [-0.39, 0.29) is 0 Å². The highest BCUT2D eigenvalue weighted by atomic mass is 32.1. The van der Waals surface area contributed by atoms with Gasteiger partial charge in [-0.25, -0.2) is 4.98 Å². The normalized spacial score (nSPS) is 23.7. The molecule has 0 aromatic carbocycles. The molecule has 1 aliphatic carbocycles. The first-order chi connectivity index (χ1) is 12.0. The molecule has 1 fully saturated rings. The van der Waals surface area contributed by atoms with Crippen LogP contribution in [0, 0.1) is 6.92 Å². The van der Waals surface area contributed by atoms with Crippen molar-refractivity contribution in [3.8, 4) is 0 Å². The van der Waals surface area contributed by atoms with Gasteiger partial charge >= 0.3 is 0 Å². The average Bonchev–Trinajstić information content (AvgIpc) is 3.18. The molecule has 25 heavy (non-hydrogen) atoms. The molecule has 0 radical (unpaired) electrons. The molecule has 3 heterocycles. The van der Waals surface area contributed by atoms with Crippen LogP contribution < -0.4 is 10.6 Å². The predicted molar refractivity (Wildman–Crippen MR) is 104 cm³/mol. The number of anilines is 3. The Morgan fingerprint density at radius 2 is 2.08 bits per heavy atom. The minimum absolute atomic E-state index is 0.332. The largest absolute Gasteiger partial charge is 0.390 e. The molecule has 0 atom stereocenters. The standard InChI is InChI=1S/C17H21N5OS2/c1-10-9-13(25-22-10)20-16-19-12-5-8-24-14(12)15(21-16)18-11-3-6-17(2,23)7-4-11/h5,8-9,11,23H,3-4,6-7H2,1-2H3,(H2,18,19,20,21)/t11-,17-. The van der Waals surface area contributed by atoms with Gasteiger partial charge < -0.3 is 15.7 Å². The summed E-state index contributed by atoms with van der Waals surface area (Å²) >= 11 is 3.05. The second-order valence-corrected chi connectivity index (χ2v) is 8.62. The van der Waals surface area contributed by atoms with E-state index < -0.39 is 5.60 Å². The zero-order valence-corrected chi connectivity index (χ0v) is 15.9. The number of aryl methyl sites for hydroxylation is 1. The first kappa shape index (κ1) is 16.7. The lowest BCUT2D eigenvalue weighted by Gasteiger charge is -2.33. The molecule has 4 rings (SSSR count). The highest BCUT2D eigenvalue weighted by Crippen LogP contribution is 2.33. The number of nitrogens with zero attached hydrogens (tertiary/aromatic N) is 3. The first-order valence-electron chi connectivity index (χ1n) is 8.43. The lowest BCUT2D eigenvalue weighted by molar-refractivity contribution is 0.0196. The number of hydrogen-bond donors (Lipinski definition) is 3. The van der Waals surface area contributed by atoms with Crippen LogP contribution in [0.3, 0.4) is 0 Å². The Labute approximate surface area is 154 Å². The van der Waals surface area contributed by atoms with Crippen LogP contribution in [0.25, 0.3) is 10.2 Å². The summed E-state index contributed by atoms with van der Waals surface area (Å²) in [6, 6.07) is 4.34. The summed E-state index contributed by atoms with van der Waals surface area (Å²) < 4.78 is 5.35. The van der Waals surface area contributed by atoms with E-state index >= 15 is 0 Å². The van der Waals surface area contributed by atoms with Crippen molar-refractivity contribution in [2.45, 2.75) is 51.2 Å². The van der Waals surface area contributed by atoms with Gasteiger partial charge in [0, 0.05) is 6.04 Å². The van der Waals surface area contributed by atoms with Crippen molar-refractivity contribution in [2.24, 2.45) is 0 Å². The summed E-state index contributed by atoms with van der Waals surface area (Å²) in [5.74, 6) is 1.45. The molecule has 0 saturated heterocycles. The quantitative estimate of drug-likeness (QED) is 0.630. The minimum atomic E-state index is -0.529. The average molecular weight is 376 g/mol. The molecule has 1 saturated carbocycles. The number of thiophene rings is 1. The van der Waals surface area contributed by atoms with Gasteiger partial charge in [-0.3, -0.25) is 0 Å². The van der Waals surface area contributed by atoms with Crippen molar-refractivity contribution in [3.63, 3.8) is 0 Å². The Morgan fingerprint density at radius 1 is 1.28 bits per heavy atom. The van der Waals surface area contributed by atoms with Crippen LogP contribution in [0.4, 0.5) is 16.8 Å². The van der Waals surface area contributed by atoms with Crippen molar-refractivity contribution in [3.05, 3.63) is 23.2 Å². The monoisotopic (exact) mass is 375 g/mol. The predicted octanol–water partition coefficient (Wildman–Crippen LogP) is 4.31. The maximum atomic E-state index is 10.1. The Morgan fingerprint density at radius 3 is 2.80 bits per heavy atom. The van der Waals surface area contributed by atoms with Gasteiger partial charge in [-0.05, 0) is 68.6 Å². The van der Waals surface area contributed by atoms with Gasteiger partial charge in [0.25, 0.3) is 0 Å². The molecule has 8 heteroatoms. The molecule has 132 valence electrons. The van der Waals surface area contributed by atoms with E-state index in [1.165, 1.54) is 11.5 Å². The second kappa shape index (κ2) is 6.51. The summed E-state index contributed by atoms with van der Waals surface area (Å²) in [7, 11) is 0. The number of hydrogen-bond acceptors (Lipinski definition) is 8. The van der Waals surface area contributed by atoms with Gasteiger partial charge in [0.1, 0.15) is 10.8 Å². The zero-order valence-electron chi connectivity index (χ0n) is 14.2. The van der Waals surface area contributed by atoms with Crippen LogP contribution in [0.2, 0.25) is 0 Å². The van der Waals surface area contributed by atoms with E-state index in [1.807, 2.05) is 31.4 Å². The molecule has 6 nitrogen and oxygen atoms in total. The lowest BCUT2D eigenvalue weighted by Crippen LogP contribution is -2.35. The van der Waals surface area contributed by atoms with Crippen LogP contribution in [-0.2, 0) is 0 Å². The maximum absolute atomic E-state index is 10.1. The number of fused-ring (bicyclic) bond motifs is 1. The van der Waals surface area contributed by atoms with Crippen molar-refractivity contribution in [2.75, 3.05) is 10.6 Å². The van der Waals surface area contributed by atoms with Crippen molar-refractivity contribution >= 4 is 49.9 Å². The molecule has 0 unspecified atom stereocenters. The van der Waals surface area contributed by atoms with E-state index in [1.54, 1.807) is 11.3 Å². The number of aromatic nitrogens is 3. The highest BCUT2D eigenvalue weighted by molar-refractivity contribution is 7.17. The van der Waals surface area contributed by atoms with Crippen LogP contribution >= 0.6 is 22.9 Å². The molecule has 0 bridgehead atoms. The van der Waals surface area contributed by atoms with Crippen molar-refractivity contribution in [1.82, 2.24) is 14.3 Å². The van der Waals surface area contributed by atoms with Gasteiger partial charge in [0.2, 0.25) is 5.95 Å². The Kier molecular flexibility index (Phi) is 4.35. The summed E-state index contributed by atoms with van der Waals surface area (Å²) in [6.45, 7) is 3.89. The van der Waals surface area contributed by atoms with Crippen LogP contribution in [0.1, 0.15) is 38.3 Å². The Hall–Kier alpha value is -1.77. The fourth-order valence-electron chi connectivity index (χ4n) is 3.13. The fourth-order valence-corrected chi connectivity index (χ4v) is 4.57. The van der Waals surface area contributed by atoms with Gasteiger partial charge in [0.15, 0.2) is 0 Å². The van der Waals surface area contributed by atoms with Crippen LogP contribution in [0.5, 0.6) is 0 Å². The Balaban J connectivity index is 1.58. The summed E-state index contributed by atoms with van der Waals surface area (Å²) in [5.41, 5.74) is 1.39. The molecular formula is C17H21N5OS2. The van der Waals surface area contributed by atoms with Gasteiger partial charge in [-0.1, -0.05) is 0 Å². The van der Waals surface area contributed by atoms with Gasteiger partial charge in [0.05, 0.1) is 21.5 Å². The number of nitrogens with one attached hydrogen (secondary N) is 2. The van der Waals surface area contributed by atoms with E-state index in [4.69, 9.17) is 4.98 Å². The molecule has 3 N–H and O–H groups in total. The number of aliphatic hydroxyl groups is 1. The van der Waals surface area contributed by atoms with E-state index in [0.29, 0.717) is 12.0 Å². The first-order valence-corrected chi connectivity index (χ1v) is 10.1. The molecule has 3 aromatic heterocycles. The van der Waals surface area contributed by atoms with Crippen molar-refractivity contribution < 1.29 is 5.11 Å². The van der Waals surface area contributed by atoms with E-state index in [9.17, 15) is 5.11 Å². The zero-order chi connectivity index (χ0) is 17.4. The molecular weight excluding hydrogens is 354 g/mol. The smallest absolute Gasteiger partial charge is 0.230 e. The fraction of sp³-hybridized carbons (Fsp3) is 0.471. The second-order valence-electron chi connectivity index (χ2n) is 6.90. The summed E-state index contributed by atoms with van der Waals surface area (Å²) in [5, 5.41) is 19.9. The number of rotatable bonds is 4. The molecule has 0 aliphatic heterocycles. The third-order valence-electron chi connectivity index (χ3n) is 4.57. The third-order valence-corrected chi connectivity index (χ3v) is 6.28. The summed E-state index contributed by atoms with van der Waals surface area (Å²) in [4.78, 5) is 9.31.